The van der Waals surface area contributed by atoms with Gasteiger partial charge in [-0.3, -0.25) is 4.79 Å². The number of hydrogen-bond donors (Lipinski definition) is 1. The van der Waals surface area contributed by atoms with E-state index >= 15 is 0 Å². The standard InChI is InChI=1S/C20H23N3O2/c1-23-17-12-7-6-11-16(17)22-18(23)13-8-14-21-20(24)19(25-2)15-9-4-3-5-10-15/h3-7,9-12,19H,8,13-14H2,1-2H3,(H,21,24)/t19-/m1/s1. The molecule has 1 aromatic heterocycles. The number of methoxy groups -OCH3 is 1. The Bertz CT molecular complexity index is 843. The number of benzene rings is 2. The van der Waals surface area contributed by atoms with Gasteiger partial charge < -0.3 is 14.6 Å². The Morgan fingerprint density at radius 3 is 2.60 bits per heavy atom. The van der Waals surface area contributed by atoms with E-state index in [1.807, 2.05) is 55.6 Å². The second kappa shape index (κ2) is 7.94. The van der Waals surface area contributed by atoms with Crippen LogP contribution in [0, 0.1) is 0 Å². The summed E-state index contributed by atoms with van der Waals surface area (Å²) in [7, 11) is 3.58. The molecule has 0 unspecified atom stereocenters. The van der Waals surface area contributed by atoms with Crippen LogP contribution in [0.15, 0.2) is 54.6 Å². The summed E-state index contributed by atoms with van der Waals surface area (Å²) in [5.74, 6) is 0.917. The first kappa shape index (κ1) is 17.2. The summed E-state index contributed by atoms with van der Waals surface area (Å²) in [5.41, 5.74) is 3.00. The molecule has 0 aliphatic carbocycles. The normalized spacial score (nSPS) is 12.2. The van der Waals surface area contributed by atoms with E-state index in [0.717, 1.165) is 35.3 Å². The van der Waals surface area contributed by atoms with Crippen LogP contribution < -0.4 is 5.32 Å². The van der Waals surface area contributed by atoms with Gasteiger partial charge in [0.1, 0.15) is 5.82 Å². The van der Waals surface area contributed by atoms with Crippen LogP contribution >= 0.6 is 0 Å². The van der Waals surface area contributed by atoms with Crippen molar-refractivity contribution >= 4 is 16.9 Å². The van der Waals surface area contributed by atoms with E-state index < -0.39 is 6.10 Å². The number of ether oxygens (including phenoxy) is 1. The molecule has 3 aromatic rings. The maximum Gasteiger partial charge on any atom is 0.253 e. The molecular weight excluding hydrogens is 314 g/mol. The van der Waals surface area contributed by atoms with Crippen molar-refractivity contribution in [3.63, 3.8) is 0 Å². The van der Waals surface area contributed by atoms with Crippen molar-refractivity contribution in [1.29, 1.82) is 0 Å². The molecule has 3 rings (SSSR count). The largest absolute Gasteiger partial charge is 0.367 e. The number of carbonyl (C=O) groups is 1. The van der Waals surface area contributed by atoms with E-state index in [-0.39, 0.29) is 5.91 Å². The zero-order chi connectivity index (χ0) is 17.6. The topological polar surface area (TPSA) is 56.1 Å². The summed E-state index contributed by atoms with van der Waals surface area (Å²) in [4.78, 5) is 17.0. The molecule has 1 heterocycles. The Morgan fingerprint density at radius 2 is 1.88 bits per heavy atom. The highest BCUT2D eigenvalue weighted by Crippen LogP contribution is 2.17. The molecule has 0 aliphatic rings. The minimum absolute atomic E-state index is 0.112. The van der Waals surface area contributed by atoms with Gasteiger partial charge in [0.15, 0.2) is 6.10 Å². The van der Waals surface area contributed by atoms with E-state index in [1.54, 1.807) is 7.11 Å². The van der Waals surface area contributed by atoms with Crippen LogP contribution in [0.2, 0.25) is 0 Å². The maximum atomic E-state index is 12.3. The summed E-state index contributed by atoms with van der Waals surface area (Å²) < 4.78 is 7.45. The number of imidazole rings is 1. The molecule has 0 radical (unpaired) electrons. The predicted molar refractivity (Wildman–Crippen MR) is 98.2 cm³/mol. The van der Waals surface area contributed by atoms with Gasteiger partial charge in [0, 0.05) is 27.1 Å². The monoisotopic (exact) mass is 337 g/mol. The number of hydrogen-bond acceptors (Lipinski definition) is 3. The van der Waals surface area contributed by atoms with Crippen LogP contribution in [0.4, 0.5) is 0 Å². The first-order valence-corrected chi connectivity index (χ1v) is 8.46. The van der Waals surface area contributed by atoms with Gasteiger partial charge in [0.05, 0.1) is 11.0 Å². The van der Waals surface area contributed by atoms with Crippen molar-refractivity contribution in [2.45, 2.75) is 18.9 Å². The zero-order valence-electron chi connectivity index (χ0n) is 14.6. The highest BCUT2D eigenvalue weighted by atomic mass is 16.5. The molecule has 0 spiro atoms. The lowest BCUT2D eigenvalue weighted by molar-refractivity contribution is -0.131. The number of aromatic nitrogens is 2. The molecule has 5 nitrogen and oxygen atoms in total. The minimum atomic E-state index is -0.572. The molecule has 1 N–H and O–H groups in total. The summed E-state index contributed by atoms with van der Waals surface area (Å²) in [6, 6.07) is 17.6. The molecule has 1 atom stereocenters. The number of rotatable bonds is 7. The van der Waals surface area contributed by atoms with Crippen LogP contribution in [0.25, 0.3) is 11.0 Å². The van der Waals surface area contributed by atoms with Gasteiger partial charge in [0.2, 0.25) is 0 Å². The molecule has 0 bridgehead atoms. The van der Waals surface area contributed by atoms with Crippen LogP contribution in [0.5, 0.6) is 0 Å². The van der Waals surface area contributed by atoms with Gasteiger partial charge in [-0.2, -0.15) is 0 Å². The fraction of sp³-hybridized carbons (Fsp3) is 0.300. The third-order valence-electron chi connectivity index (χ3n) is 4.33. The smallest absolute Gasteiger partial charge is 0.253 e. The molecule has 130 valence electrons. The maximum absolute atomic E-state index is 12.3. The van der Waals surface area contributed by atoms with E-state index in [1.165, 1.54) is 0 Å². The molecule has 25 heavy (non-hydrogen) atoms. The van der Waals surface area contributed by atoms with E-state index in [0.29, 0.717) is 6.54 Å². The SMILES string of the molecule is CO[C@@H](C(=O)NCCCc1nc2ccccc2n1C)c1ccccc1. The first-order valence-electron chi connectivity index (χ1n) is 8.46. The minimum Gasteiger partial charge on any atom is -0.367 e. The molecule has 0 saturated carbocycles. The van der Waals surface area contributed by atoms with Crippen LogP contribution in [-0.4, -0.2) is 29.1 Å². The Balaban J connectivity index is 1.53. The van der Waals surface area contributed by atoms with Gasteiger partial charge in [-0.25, -0.2) is 4.98 Å². The number of fused-ring (bicyclic) bond motifs is 1. The molecule has 0 aliphatic heterocycles. The molecular formula is C20H23N3O2. The van der Waals surface area contributed by atoms with Crippen LogP contribution in [-0.2, 0) is 23.0 Å². The second-order valence-corrected chi connectivity index (χ2v) is 6.00. The highest BCUT2D eigenvalue weighted by molar-refractivity contribution is 5.82. The molecule has 2 aromatic carbocycles. The average Bonchev–Trinajstić information content (AvgIpc) is 2.97. The van der Waals surface area contributed by atoms with Gasteiger partial charge >= 0.3 is 0 Å². The van der Waals surface area contributed by atoms with Crippen molar-refractivity contribution in [3.05, 3.63) is 66.0 Å². The first-order chi connectivity index (χ1) is 12.2. The highest BCUT2D eigenvalue weighted by Gasteiger charge is 2.19. The average molecular weight is 337 g/mol. The number of aryl methyl sites for hydroxylation is 2. The Kier molecular flexibility index (Phi) is 5.46. The molecule has 1 amide bonds. The van der Waals surface area contributed by atoms with Crippen molar-refractivity contribution in [3.8, 4) is 0 Å². The second-order valence-electron chi connectivity index (χ2n) is 6.00. The lowest BCUT2D eigenvalue weighted by Gasteiger charge is -2.15. The van der Waals surface area contributed by atoms with Gasteiger partial charge in [-0.05, 0) is 24.1 Å². The number of nitrogens with one attached hydrogen (secondary N) is 1. The molecule has 0 fully saturated rings. The van der Waals surface area contributed by atoms with Crippen LogP contribution in [0.1, 0.15) is 23.9 Å². The predicted octanol–water partition coefficient (Wildman–Crippen LogP) is 3.01. The number of amides is 1. The Morgan fingerprint density at radius 1 is 1.16 bits per heavy atom. The summed E-state index contributed by atoms with van der Waals surface area (Å²) in [6.45, 7) is 0.592. The van der Waals surface area contributed by atoms with Gasteiger partial charge in [0.25, 0.3) is 5.91 Å². The van der Waals surface area contributed by atoms with E-state index in [4.69, 9.17) is 4.74 Å². The van der Waals surface area contributed by atoms with Crippen molar-refractivity contribution in [2.75, 3.05) is 13.7 Å². The third kappa shape index (κ3) is 3.88. The molecule has 5 heteroatoms. The quantitative estimate of drug-likeness (QED) is 0.674. The number of nitrogens with zero attached hydrogens (tertiary/aromatic N) is 2. The van der Waals surface area contributed by atoms with Crippen molar-refractivity contribution in [2.24, 2.45) is 7.05 Å². The fourth-order valence-corrected chi connectivity index (χ4v) is 2.99. The summed E-state index contributed by atoms with van der Waals surface area (Å²) >= 11 is 0. The molecule has 0 saturated heterocycles. The fourth-order valence-electron chi connectivity index (χ4n) is 2.99. The van der Waals surface area contributed by atoms with Crippen molar-refractivity contribution in [1.82, 2.24) is 14.9 Å². The van der Waals surface area contributed by atoms with Gasteiger partial charge in [-0.1, -0.05) is 42.5 Å². The summed E-state index contributed by atoms with van der Waals surface area (Å²) in [5, 5.41) is 2.95. The third-order valence-corrected chi connectivity index (χ3v) is 4.33. The number of carbonyl (C=O) groups excluding carboxylic acids is 1. The lowest BCUT2D eigenvalue weighted by Crippen LogP contribution is -2.31. The lowest BCUT2D eigenvalue weighted by atomic mass is 10.1. The van der Waals surface area contributed by atoms with Crippen molar-refractivity contribution < 1.29 is 9.53 Å². The zero-order valence-corrected chi connectivity index (χ0v) is 14.6. The van der Waals surface area contributed by atoms with Gasteiger partial charge in [-0.15, -0.1) is 0 Å². The Hall–Kier alpha value is -2.66. The van der Waals surface area contributed by atoms with Crippen LogP contribution in [0.3, 0.4) is 0 Å². The van der Waals surface area contributed by atoms with E-state index in [9.17, 15) is 4.79 Å². The summed E-state index contributed by atoms with van der Waals surface area (Å²) in [6.07, 6.45) is 1.07. The number of para-hydroxylation sites is 2. The Labute approximate surface area is 147 Å². The van der Waals surface area contributed by atoms with E-state index in [2.05, 4.69) is 20.9 Å².